The van der Waals surface area contributed by atoms with E-state index >= 15 is 0 Å². The van der Waals surface area contributed by atoms with Gasteiger partial charge in [0.1, 0.15) is 0 Å². The van der Waals surface area contributed by atoms with Crippen molar-refractivity contribution in [2.75, 3.05) is 27.0 Å². The van der Waals surface area contributed by atoms with Crippen molar-refractivity contribution in [3.63, 3.8) is 0 Å². The Labute approximate surface area is 153 Å². The standard InChI is InChI=1S/C21H23NO4/c1-24-20(15-5-3-2-4-6-15)16-9-11-22(12-10-16)21(23)17-7-8-18-19(13-17)26-14-25-18/h2-8,13,16,20H,9-12,14H2,1H3. The third-order valence-electron chi connectivity index (χ3n) is 5.26. The van der Waals surface area contributed by atoms with Gasteiger partial charge in [-0.2, -0.15) is 0 Å². The number of fused-ring (bicyclic) bond motifs is 1. The van der Waals surface area contributed by atoms with E-state index in [9.17, 15) is 4.79 Å². The van der Waals surface area contributed by atoms with Crippen molar-refractivity contribution in [3.05, 3.63) is 59.7 Å². The van der Waals surface area contributed by atoms with Crippen molar-refractivity contribution in [1.82, 2.24) is 4.90 Å². The summed E-state index contributed by atoms with van der Waals surface area (Å²) < 4.78 is 16.5. The fourth-order valence-corrected chi connectivity index (χ4v) is 3.86. The zero-order chi connectivity index (χ0) is 17.9. The number of carbonyl (C=O) groups excluding carboxylic acids is 1. The van der Waals surface area contributed by atoms with Gasteiger partial charge in [0.15, 0.2) is 11.5 Å². The molecule has 2 aromatic carbocycles. The maximum atomic E-state index is 12.8. The second-order valence-electron chi connectivity index (χ2n) is 6.76. The van der Waals surface area contributed by atoms with Gasteiger partial charge < -0.3 is 19.1 Å². The number of hydrogen-bond donors (Lipinski definition) is 0. The Balaban J connectivity index is 1.41. The minimum atomic E-state index is 0.0513. The molecule has 4 rings (SSSR count). The highest BCUT2D eigenvalue weighted by Crippen LogP contribution is 2.35. The molecule has 5 nitrogen and oxygen atoms in total. The van der Waals surface area contributed by atoms with E-state index in [2.05, 4.69) is 12.1 Å². The highest BCUT2D eigenvalue weighted by atomic mass is 16.7. The first-order valence-corrected chi connectivity index (χ1v) is 9.03. The van der Waals surface area contributed by atoms with Crippen LogP contribution in [-0.2, 0) is 4.74 Å². The van der Waals surface area contributed by atoms with Crippen molar-refractivity contribution in [2.24, 2.45) is 5.92 Å². The first kappa shape index (κ1) is 16.9. The average molecular weight is 353 g/mol. The lowest BCUT2D eigenvalue weighted by atomic mass is 9.87. The predicted octanol–water partition coefficient (Wildman–Crippen LogP) is 3.66. The largest absolute Gasteiger partial charge is 0.454 e. The third-order valence-corrected chi connectivity index (χ3v) is 5.26. The minimum Gasteiger partial charge on any atom is -0.454 e. The van der Waals surface area contributed by atoms with Gasteiger partial charge in [-0.15, -0.1) is 0 Å². The summed E-state index contributed by atoms with van der Waals surface area (Å²) in [6, 6.07) is 15.7. The molecule has 2 heterocycles. The van der Waals surface area contributed by atoms with Gasteiger partial charge in [-0.25, -0.2) is 0 Å². The lowest BCUT2D eigenvalue weighted by molar-refractivity contribution is 0.0195. The number of nitrogens with zero attached hydrogens (tertiary/aromatic N) is 1. The van der Waals surface area contributed by atoms with E-state index < -0.39 is 0 Å². The normalized spacial score (nSPS) is 18.0. The second-order valence-corrected chi connectivity index (χ2v) is 6.76. The molecule has 0 saturated carbocycles. The SMILES string of the molecule is COC(c1ccccc1)C1CCN(C(=O)c2ccc3c(c2)OCO3)CC1. The summed E-state index contributed by atoms with van der Waals surface area (Å²) in [7, 11) is 1.77. The zero-order valence-corrected chi connectivity index (χ0v) is 14.9. The minimum absolute atomic E-state index is 0.0513. The van der Waals surface area contributed by atoms with Crippen LogP contribution in [-0.4, -0.2) is 37.8 Å². The molecular weight excluding hydrogens is 330 g/mol. The zero-order valence-electron chi connectivity index (χ0n) is 14.9. The van der Waals surface area contributed by atoms with Crippen molar-refractivity contribution >= 4 is 5.91 Å². The second kappa shape index (κ2) is 7.38. The van der Waals surface area contributed by atoms with Gasteiger partial charge in [-0.1, -0.05) is 30.3 Å². The fourth-order valence-electron chi connectivity index (χ4n) is 3.86. The van der Waals surface area contributed by atoms with E-state index in [0.29, 0.717) is 23.0 Å². The van der Waals surface area contributed by atoms with Gasteiger partial charge in [0.2, 0.25) is 6.79 Å². The van der Waals surface area contributed by atoms with Gasteiger partial charge in [0.25, 0.3) is 5.91 Å². The Kier molecular flexibility index (Phi) is 4.80. The average Bonchev–Trinajstić information content (AvgIpc) is 3.17. The molecule has 1 fully saturated rings. The van der Waals surface area contributed by atoms with Crippen molar-refractivity contribution in [1.29, 1.82) is 0 Å². The molecule has 1 amide bonds. The maximum Gasteiger partial charge on any atom is 0.253 e. The number of ether oxygens (including phenoxy) is 3. The third kappa shape index (κ3) is 3.27. The smallest absolute Gasteiger partial charge is 0.253 e. The van der Waals surface area contributed by atoms with Crippen LogP contribution in [0.4, 0.5) is 0 Å². The van der Waals surface area contributed by atoms with Crippen molar-refractivity contribution in [3.8, 4) is 11.5 Å². The molecule has 136 valence electrons. The first-order chi connectivity index (χ1) is 12.8. The molecule has 0 bridgehead atoms. The highest BCUT2D eigenvalue weighted by Gasteiger charge is 2.30. The van der Waals surface area contributed by atoms with Gasteiger partial charge in [-0.05, 0) is 42.5 Å². The summed E-state index contributed by atoms with van der Waals surface area (Å²) in [6.45, 7) is 1.70. The molecule has 5 heteroatoms. The van der Waals surface area contributed by atoms with Crippen molar-refractivity contribution < 1.29 is 19.0 Å². The Hall–Kier alpha value is -2.53. The van der Waals surface area contributed by atoms with E-state index in [1.807, 2.05) is 29.2 Å². The van der Waals surface area contributed by atoms with Crippen molar-refractivity contribution in [2.45, 2.75) is 18.9 Å². The van der Waals surface area contributed by atoms with Crippen LogP contribution in [0.5, 0.6) is 11.5 Å². The molecule has 1 saturated heterocycles. The van der Waals surface area contributed by atoms with E-state index in [1.165, 1.54) is 5.56 Å². The quantitative estimate of drug-likeness (QED) is 0.842. The topological polar surface area (TPSA) is 48.0 Å². The highest BCUT2D eigenvalue weighted by molar-refractivity contribution is 5.95. The predicted molar refractivity (Wildman–Crippen MR) is 97.4 cm³/mol. The van der Waals surface area contributed by atoms with Crippen LogP contribution in [0.25, 0.3) is 0 Å². The van der Waals surface area contributed by atoms with Crippen LogP contribution >= 0.6 is 0 Å². The molecule has 0 spiro atoms. The maximum absolute atomic E-state index is 12.8. The number of benzene rings is 2. The summed E-state index contributed by atoms with van der Waals surface area (Å²) in [5.41, 5.74) is 1.86. The Morgan fingerprint density at radius 2 is 1.81 bits per heavy atom. The Morgan fingerprint density at radius 3 is 2.54 bits per heavy atom. The number of piperidine rings is 1. The van der Waals surface area contributed by atoms with Crippen LogP contribution in [0.1, 0.15) is 34.9 Å². The van der Waals surface area contributed by atoms with Gasteiger partial charge >= 0.3 is 0 Å². The molecule has 0 aromatic heterocycles. The lowest BCUT2D eigenvalue weighted by Crippen LogP contribution is -2.40. The number of hydrogen-bond acceptors (Lipinski definition) is 4. The van der Waals surface area contributed by atoms with Crippen LogP contribution in [0.15, 0.2) is 48.5 Å². The summed E-state index contributed by atoms with van der Waals surface area (Å²) in [5.74, 6) is 1.82. The first-order valence-electron chi connectivity index (χ1n) is 9.03. The Bertz CT molecular complexity index is 769. The molecule has 0 radical (unpaired) electrons. The summed E-state index contributed by atoms with van der Waals surface area (Å²) >= 11 is 0. The molecule has 1 atom stereocenters. The Morgan fingerprint density at radius 1 is 1.08 bits per heavy atom. The summed E-state index contributed by atoms with van der Waals surface area (Å²) in [6.07, 6.45) is 1.95. The number of methoxy groups -OCH3 is 1. The molecule has 26 heavy (non-hydrogen) atoms. The van der Waals surface area contributed by atoms with Crippen LogP contribution < -0.4 is 9.47 Å². The lowest BCUT2D eigenvalue weighted by Gasteiger charge is -2.35. The molecule has 1 unspecified atom stereocenters. The molecule has 0 aliphatic carbocycles. The summed E-state index contributed by atoms with van der Waals surface area (Å²) in [5, 5.41) is 0. The molecule has 2 aliphatic heterocycles. The van der Waals surface area contributed by atoms with Gasteiger partial charge in [-0.3, -0.25) is 4.79 Å². The summed E-state index contributed by atoms with van der Waals surface area (Å²) in [4.78, 5) is 14.7. The number of carbonyl (C=O) groups is 1. The fraction of sp³-hybridized carbons (Fsp3) is 0.381. The van der Waals surface area contributed by atoms with Crippen LogP contribution in [0.3, 0.4) is 0 Å². The molecule has 2 aliphatic rings. The number of likely N-dealkylation sites (tertiary alicyclic amines) is 1. The van der Waals surface area contributed by atoms with Gasteiger partial charge in [0, 0.05) is 25.8 Å². The van der Waals surface area contributed by atoms with Crippen LogP contribution in [0.2, 0.25) is 0 Å². The van der Waals surface area contributed by atoms with Gasteiger partial charge in [0.05, 0.1) is 6.10 Å². The number of rotatable bonds is 4. The van der Waals surface area contributed by atoms with E-state index in [4.69, 9.17) is 14.2 Å². The molecule has 0 N–H and O–H groups in total. The van der Waals surface area contributed by atoms with E-state index in [0.717, 1.165) is 25.9 Å². The van der Waals surface area contributed by atoms with E-state index in [-0.39, 0.29) is 18.8 Å². The number of amides is 1. The molecule has 2 aromatic rings. The molecular formula is C21H23NO4. The monoisotopic (exact) mass is 353 g/mol. The van der Waals surface area contributed by atoms with Crippen LogP contribution in [0, 0.1) is 5.92 Å². The van der Waals surface area contributed by atoms with E-state index in [1.54, 1.807) is 19.2 Å².